The van der Waals surface area contributed by atoms with Gasteiger partial charge in [0.15, 0.2) is 0 Å². The van der Waals surface area contributed by atoms with Crippen molar-refractivity contribution in [3.05, 3.63) is 34.0 Å². The summed E-state index contributed by atoms with van der Waals surface area (Å²) in [4.78, 5) is 5.31. The van der Waals surface area contributed by atoms with Crippen LogP contribution in [0.3, 0.4) is 0 Å². The Labute approximate surface area is 112 Å². The molecule has 2 rings (SSSR count). The van der Waals surface area contributed by atoms with Crippen LogP contribution in [0, 0.1) is 6.92 Å². The minimum atomic E-state index is 0.131. The van der Waals surface area contributed by atoms with Gasteiger partial charge in [0.25, 0.3) is 0 Å². The lowest BCUT2D eigenvalue weighted by atomic mass is 10.1. The van der Waals surface area contributed by atoms with Crippen LogP contribution < -0.4 is 5.32 Å². The van der Waals surface area contributed by atoms with E-state index in [0.29, 0.717) is 0 Å². The fourth-order valence-electron chi connectivity index (χ4n) is 1.65. The highest BCUT2D eigenvalue weighted by molar-refractivity contribution is 7.09. The second-order valence-electron chi connectivity index (χ2n) is 5.51. The van der Waals surface area contributed by atoms with Gasteiger partial charge in [-0.25, -0.2) is 0 Å². The van der Waals surface area contributed by atoms with Gasteiger partial charge in [0.2, 0.25) is 0 Å². The van der Waals surface area contributed by atoms with E-state index in [0.717, 1.165) is 18.8 Å². The highest BCUT2D eigenvalue weighted by Gasteiger charge is 2.11. The van der Waals surface area contributed by atoms with Gasteiger partial charge < -0.3 is 5.32 Å². The summed E-state index contributed by atoms with van der Waals surface area (Å²) in [7, 11) is 0. The third-order valence-electron chi connectivity index (χ3n) is 2.66. The SMILES string of the molecule is Cc1nn(Cc2cncs2)cc1CNC(C)(C)C. The van der Waals surface area contributed by atoms with Gasteiger partial charge in [-0.05, 0) is 27.7 Å². The lowest BCUT2D eigenvalue weighted by Crippen LogP contribution is -2.35. The van der Waals surface area contributed by atoms with Crippen LogP contribution in [-0.4, -0.2) is 20.3 Å². The van der Waals surface area contributed by atoms with Crippen LogP contribution in [0.15, 0.2) is 17.9 Å². The van der Waals surface area contributed by atoms with Crippen molar-refractivity contribution in [1.29, 1.82) is 0 Å². The van der Waals surface area contributed by atoms with E-state index < -0.39 is 0 Å². The molecule has 0 fully saturated rings. The number of nitrogens with zero attached hydrogens (tertiary/aromatic N) is 3. The minimum absolute atomic E-state index is 0.131. The Balaban J connectivity index is 2.03. The van der Waals surface area contributed by atoms with Crippen molar-refractivity contribution in [3.8, 4) is 0 Å². The van der Waals surface area contributed by atoms with Gasteiger partial charge in [0, 0.05) is 34.9 Å². The Kier molecular flexibility index (Phi) is 3.82. The monoisotopic (exact) mass is 264 g/mol. The number of hydrogen-bond acceptors (Lipinski definition) is 4. The summed E-state index contributed by atoms with van der Waals surface area (Å²) in [6.07, 6.45) is 4.02. The van der Waals surface area contributed by atoms with Crippen LogP contribution in [-0.2, 0) is 13.1 Å². The molecular formula is C13H20N4S. The fraction of sp³-hybridized carbons (Fsp3) is 0.538. The van der Waals surface area contributed by atoms with Gasteiger partial charge in [-0.15, -0.1) is 11.3 Å². The molecule has 0 saturated carbocycles. The predicted octanol–water partition coefficient (Wildman–Crippen LogP) is 2.58. The first kappa shape index (κ1) is 13.2. The average Bonchev–Trinajstić information content (AvgIpc) is 2.85. The number of aromatic nitrogens is 3. The maximum Gasteiger partial charge on any atom is 0.0794 e. The molecule has 0 radical (unpaired) electrons. The molecule has 2 aromatic heterocycles. The molecule has 0 amide bonds. The van der Waals surface area contributed by atoms with Crippen LogP contribution >= 0.6 is 11.3 Å². The smallest absolute Gasteiger partial charge is 0.0794 e. The Bertz CT molecular complexity index is 494. The summed E-state index contributed by atoms with van der Waals surface area (Å²) in [5.41, 5.74) is 4.34. The fourth-order valence-corrected chi connectivity index (χ4v) is 2.24. The van der Waals surface area contributed by atoms with Crippen molar-refractivity contribution < 1.29 is 0 Å². The Hall–Kier alpha value is -1.20. The predicted molar refractivity (Wildman–Crippen MR) is 74.8 cm³/mol. The Morgan fingerprint density at radius 2 is 2.17 bits per heavy atom. The standard InChI is InChI=1S/C13H20N4S/c1-10-11(5-15-13(2,3)4)7-17(16-10)8-12-6-14-9-18-12/h6-7,9,15H,5,8H2,1-4H3. The van der Waals surface area contributed by atoms with Gasteiger partial charge in [0.05, 0.1) is 17.7 Å². The van der Waals surface area contributed by atoms with Gasteiger partial charge in [0.1, 0.15) is 0 Å². The largest absolute Gasteiger partial charge is 0.308 e. The molecule has 0 aromatic carbocycles. The van der Waals surface area contributed by atoms with E-state index >= 15 is 0 Å². The summed E-state index contributed by atoms with van der Waals surface area (Å²) < 4.78 is 1.99. The molecular weight excluding hydrogens is 244 g/mol. The van der Waals surface area contributed by atoms with E-state index in [1.807, 2.05) is 16.4 Å². The number of aryl methyl sites for hydroxylation is 1. The van der Waals surface area contributed by atoms with E-state index in [4.69, 9.17) is 0 Å². The molecule has 0 aliphatic heterocycles. The van der Waals surface area contributed by atoms with Crippen LogP contribution in [0.1, 0.15) is 36.9 Å². The quantitative estimate of drug-likeness (QED) is 0.923. The van der Waals surface area contributed by atoms with Crippen LogP contribution in [0.5, 0.6) is 0 Å². The Morgan fingerprint density at radius 3 is 2.78 bits per heavy atom. The van der Waals surface area contributed by atoms with Gasteiger partial charge in [-0.3, -0.25) is 9.67 Å². The first-order valence-corrected chi connectivity index (χ1v) is 6.97. The van der Waals surface area contributed by atoms with Crippen molar-refractivity contribution in [2.45, 2.75) is 46.3 Å². The molecule has 5 heteroatoms. The van der Waals surface area contributed by atoms with Crippen LogP contribution in [0.25, 0.3) is 0 Å². The van der Waals surface area contributed by atoms with Crippen molar-refractivity contribution >= 4 is 11.3 Å². The third kappa shape index (κ3) is 3.65. The zero-order chi connectivity index (χ0) is 13.2. The van der Waals surface area contributed by atoms with Crippen LogP contribution in [0.2, 0.25) is 0 Å². The first-order chi connectivity index (χ1) is 8.44. The molecule has 1 N–H and O–H groups in total. The zero-order valence-electron chi connectivity index (χ0n) is 11.4. The molecule has 18 heavy (non-hydrogen) atoms. The van der Waals surface area contributed by atoms with Gasteiger partial charge in [-0.2, -0.15) is 5.10 Å². The maximum absolute atomic E-state index is 4.54. The van der Waals surface area contributed by atoms with E-state index in [1.165, 1.54) is 10.4 Å². The normalized spacial score (nSPS) is 12.0. The Morgan fingerprint density at radius 1 is 1.39 bits per heavy atom. The number of hydrogen-bond donors (Lipinski definition) is 1. The second kappa shape index (κ2) is 5.20. The van der Waals surface area contributed by atoms with E-state index in [1.54, 1.807) is 11.3 Å². The lowest BCUT2D eigenvalue weighted by Gasteiger charge is -2.20. The minimum Gasteiger partial charge on any atom is -0.308 e. The number of thiazole rings is 1. The van der Waals surface area contributed by atoms with Crippen molar-refractivity contribution in [2.75, 3.05) is 0 Å². The van der Waals surface area contributed by atoms with E-state index in [2.05, 4.69) is 49.3 Å². The molecule has 0 aliphatic rings. The summed E-state index contributed by atoms with van der Waals surface area (Å²) >= 11 is 1.66. The van der Waals surface area contributed by atoms with Crippen molar-refractivity contribution in [1.82, 2.24) is 20.1 Å². The summed E-state index contributed by atoms with van der Waals surface area (Å²) in [6.45, 7) is 10.2. The van der Waals surface area contributed by atoms with Gasteiger partial charge >= 0.3 is 0 Å². The van der Waals surface area contributed by atoms with E-state index in [9.17, 15) is 0 Å². The molecule has 0 unspecified atom stereocenters. The highest BCUT2D eigenvalue weighted by atomic mass is 32.1. The highest BCUT2D eigenvalue weighted by Crippen LogP contribution is 2.12. The summed E-state index contributed by atoms with van der Waals surface area (Å²) in [5, 5.41) is 8.03. The van der Waals surface area contributed by atoms with Crippen molar-refractivity contribution in [3.63, 3.8) is 0 Å². The first-order valence-electron chi connectivity index (χ1n) is 6.09. The van der Waals surface area contributed by atoms with Crippen molar-refractivity contribution in [2.24, 2.45) is 0 Å². The molecule has 98 valence electrons. The van der Waals surface area contributed by atoms with E-state index in [-0.39, 0.29) is 5.54 Å². The summed E-state index contributed by atoms with van der Waals surface area (Å²) in [5.74, 6) is 0. The molecule has 0 atom stereocenters. The average molecular weight is 264 g/mol. The number of nitrogens with one attached hydrogen (secondary N) is 1. The molecule has 0 spiro atoms. The molecule has 0 bridgehead atoms. The maximum atomic E-state index is 4.54. The number of rotatable bonds is 4. The second-order valence-corrected chi connectivity index (χ2v) is 6.48. The molecule has 4 nitrogen and oxygen atoms in total. The topological polar surface area (TPSA) is 42.7 Å². The van der Waals surface area contributed by atoms with Gasteiger partial charge in [-0.1, -0.05) is 0 Å². The molecule has 0 saturated heterocycles. The molecule has 2 heterocycles. The lowest BCUT2D eigenvalue weighted by molar-refractivity contribution is 0.423. The molecule has 2 aromatic rings. The third-order valence-corrected chi connectivity index (χ3v) is 3.42. The summed E-state index contributed by atoms with van der Waals surface area (Å²) in [6, 6.07) is 0. The molecule has 0 aliphatic carbocycles. The van der Waals surface area contributed by atoms with Crippen LogP contribution in [0.4, 0.5) is 0 Å². The zero-order valence-corrected chi connectivity index (χ0v) is 12.2.